The Bertz CT molecular complexity index is 2070. The van der Waals surface area contributed by atoms with E-state index in [1.165, 1.54) is 38.5 Å². The second kappa shape index (κ2) is 13.5. The minimum absolute atomic E-state index is 0.0107. The van der Waals surface area contributed by atoms with Crippen LogP contribution in [0.5, 0.6) is 34.5 Å². The zero-order valence-corrected chi connectivity index (χ0v) is 28.2. The summed E-state index contributed by atoms with van der Waals surface area (Å²) in [6.45, 7) is 2.04. The average Bonchev–Trinajstić information content (AvgIpc) is 2.94. The van der Waals surface area contributed by atoms with Gasteiger partial charge >= 0.3 is 30.4 Å². The van der Waals surface area contributed by atoms with E-state index in [1.807, 2.05) is 31.2 Å². The molecule has 46 heavy (non-hydrogen) atoms. The third kappa shape index (κ3) is 8.83. The molecule has 0 aliphatic carbocycles. The highest BCUT2D eigenvalue weighted by Gasteiger charge is 2.27. The van der Waals surface area contributed by atoms with E-state index in [9.17, 15) is 25.3 Å². The molecule has 0 unspecified atom stereocenters. The molecule has 246 valence electrons. The highest BCUT2D eigenvalue weighted by molar-refractivity contribution is 7.86. The summed E-state index contributed by atoms with van der Waals surface area (Å²) >= 11 is 0. The molecule has 0 atom stereocenters. The van der Waals surface area contributed by atoms with Gasteiger partial charge in [-0.15, -0.1) is 0 Å². The molecule has 0 heterocycles. The van der Waals surface area contributed by atoms with Crippen LogP contribution in [-0.4, -0.2) is 58.2 Å². The number of aryl methyl sites for hydroxylation is 1. The number of rotatable bonds is 13. The van der Waals surface area contributed by atoms with Gasteiger partial charge in [-0.05, 0) is 59.5 Å². The van der Waals surface area contributed by atoms with Gasteiger partial charge in [-0.25, -0.2) is 0 Å². The third-order valence-corrected chi connectivity index (χ3v) is 7.84. The van der Waals surface area contributed by atoms with Crippen molar-refractivity contribution in [1.82, 2.24) is 0 Å². The second-order valence-corrected chi connectivity index (χ2v) is 14.9. The molecule has 12 nitrogen and oxygen atoms in total. The van der Waals surface area contributed by atoms with Crippen molar-refractivity contribution in [3.05, 3.63) is 83.9 Å². The molecule has 4 aromatic rings. The predicted molar refractivity (Wildman–Crippen MR) is 172 cm³/mol. The first-order chi connectivity index (χ1) is 21.5. The van der Waals surface area contributed by atoms with Crippen LogP contribution < -0.4 is 26.8 Å². The number of benzene rings is 4. The van der Waals surface area contributed by atoms with Gasteiger partial charge in [0.15, 0.2) is 23.0 Å². The first kappa shape index (κ1) is 34.4. The fourth-order valence-corrected chi connectivity index (χ4v) is 5.88. The summed E-state index contributed by atoms with van der Waals surface area (Å²) in [6, 6.07) is 19.4. The van der Waals surface area contributed by atoms with Crippen molar-refractivity contribution in [2.45, 2.75) is 13.5 Å². The fourth-order valence-electron chi connectivity index (χ4n) is 4.50. The Kier molecular flexibility index (Phi) is 10.1. The molecule has 4 rings (SSSR count). The Hall–Kier alpha value is -4.47. The monoisotopic (exact) mass is 692 g/mol. The quantitative estimate of drug-likeness (QED) is 0.174. The van der Waals surface area contributed by atoms with Crippen molar-refractivity contribution in [2.24, 2.45) is 0 Å². The van der Waals surface area contributed by atoms with E-state index < -0.39 is 30.4 Å². The molecule has 0 aliphatic rings. The van der Waals surface area contributed by atoms with E-state index in [4.69, 9.17) is 26.8 Å². The molecule has 15 heteroatoms. The summed E-state index contributed by atoms with van der Waals surface area (Å²) in [7, 11) is -9.28. The molecular formula is C31H32O12S3. The summed E-state index contributed by atoms with van der Waals surface area (Å²) in [5.41, 5.74) is 3.01. The number of methoxy groups -OCH3 is 2. The van der Waals surface area contributed by atoms with Crippen LogP contribution in [0.2, 0.25) is 0 Å². The van der Waals surface area contributed by atoms with Crippen LogP contribution in [0.3, 0.4) is 0 Å². The summed E-state index contributed by atoms with van der Waals surface area (Å²) in [4.78, 5) is 0. The summed E-state index contributed by atoms with van der Waals surface area (Å²) in [5, 5.41) is 0. The molecular weight excluding hydrogens is 661 g/mol. The lowest BCUT2D eigenvalue weighted by Gasteiger charge is -2.21. The molecule has 0 saturated carbocycles. The SMILES string of the molecule is COc1cc(-c2ccc(OS(C)(=O)=O)cc2)c(OC)c(OS(C)(=O)=O)c1-c1ccc(OCc2ccccc2C)c(OS(C)(=O)=O)c1. The van der Waals surface area contributed by atoms with E-state index in [-0.39, 0.29) is 52.2 Å². The zero-order chi connectivity index (χ0) is 33.9. The summed E-state index contributed by atoms with van der Waals surface area (Å²) in [5.74, 6) is -0.125. The van der Waals surface area contributed by atoms with Gasteiger partial charge in [0, 0.05) is 5.56 Å². The molecule has 0 fully saturated rings. The highest BCUT2D eigenvalue weighted by Crippen LogP contribution is 2.52. The minimum atomic E-state index is -4.16. The van der Waals surface area contributed by atoms with Gasteiger partial charge in [0.05, 0.1) is 38.6 Å². The lowest BCUT2D eigenvalue weighted by molar-refractivity contribution is 0.296. The molecule has 0 radical (unpaired) electrons. The number of ether oxygens (including phenoxy) is 3. The zero-order valence-electron chi connectivity index (χ0n) is 25.8. The van der Waals surface area contributed by atoms with Crippen molar-refractivity contribution in [3.8, 4) is 56.8 Å². The van der Waals surface area contributed by atoms with Crippen molar-refractivity contribution < 1.29 is 52.0 Å². The van der Waals surface area contributed by atoms with Crippen LogP contribution in [0.1, 0.15) is 11.1 Å². The molecule has 0 bridgehead atoms. The van der Waals surface area contributed by atoms with Gasteiger partial charge < -0.3 is 26.8 Å². The highest BCUT2D eigenvalue weighted by atomic mass is 32.2. The first-order valence-electron chi connectivity index (χ1n) is 13.4. The van der Waals surface area contributed by atoms with Crippen LogP contribution in [0.4, 0.5) is 0 Å². The maximum absolute atomic E-state index is 12.5. The van der Waals surface area contributed by atoms with Crippen molar-refractivity contribution in [3.63, 3.8) is 0 Å². The normalized spacial score (nSPS) is 11.9. The van der Waals surface area contributed by atoms with Gasteiger partial charge in [0.2, 0.25) is 0 Å². The summed E-state index contributed by atoms with van der Waals surface area (Å²) < 4.78 is 106. The first-order valence-corrected chi connectivity index (χ1v) is 18.8. The smallest absolute Gasteiger partial charge is 0.306 e. The molecule has 0 aliphatic heterocycles. The molecule has 4 aromatic carbocycles. The van der Waals surface area contributed by atoms with Gasteiger partial charge in [-0.3, -0.25) is 0 Å². The van der Waals surface area contributed by atoms with Gasteiger partial charge in [-0.2, -0.15) is 25.3 Å². The topological polar surface area (TPSA) is 158 Å². The largest absolute Gasteiger partial charge is 0.496 e. The Balaban J connectivity index is 1.91. The van der Waals surface area contributed by atoms with Gasteiger partial charge in [0.1, 0.15) is 18.1 Å². The van der Waals surface area contributed by atoms with Crippen LogP contribution in [0.25, 0.3) is 22.3 Å². The maximum atomic E-state index is 12.5. The predicted octanol–water partition coefficient (Wildman–Crippen LogP) is 4.94. The fraction of sp³-hybridized carbons (Fsp3) is 0.226. The van der Waals surface area contributed by atoms with Gasteiger partial charge in [0.25, 0.3) is 0 Å². The number of hydrogen-bond acceptors (Lipinski definition) is 12. The maximum Gasteiger partial charge on any atom is 0.306 e. The van der Waals surface area contributed by atoms with Crippen LogP contribution >= 0.6 is 0 Å². The van der Waals surface area contributed by atoms with Crippen molar-refractivity contribution in [1.29, 1.82) is 0 Å². The lowest BCUT2D eigenvalue weighted by Crippen LogP contribution is -2.10. The van der Waals surface area contributed by atoms with E-state index >= 15 is 0 Å². The molecule has 0 amide bonds. The lowest BCUT2D eigenvalue weighted by atomic mass is 9.96. The van der Waals surface area contributed by atoms with Crippen LogP contribution in [-0.2, 0) is 37.0 Å². The van der Waals surface area contributed by atoms with Crippen molar-refractivity contribution in [2.75, 3.05) is 33.0 Å². The molecule has 0 saturated heterocycles. The Morgan fingerprint density at radius 1 is 0.587 bits per heavy atom. The van der Waals surface area contributed by atoms with E-state index in [2.05, 4.69) is 0 Å². The Labute approximate surface area is 268 Å². The second-order valence-electron chi connectivity index (χ2n) is 10.1. The van der Waals surface area contributed by atoms with E-state index in [1.54, 1.807) is 24.3 Å². The minimum Gasteiger partial charge on any atom is -0.496 e. The molecule has 0 N–H and O–H groups in total. The van der Waals surface area contributed by atoms with Crippen LogP contribution in [0.15, 0.2) is 72.8 Å². The van der Waals surface area contributed by atoms with Gasteiger partial charge in [-0.1, -0.05) is 42.5 Å². The Morgan fingerprint density at radius 2 is 1.20 bits per heavy atom. The summed E-state index contributed by atoms with van der Waals surface area (Å²) in [6.07, 6.45) is 2.65. The van der Waals surface area contributed by atoms with E-state index in [0.29, 0.717) is 11.1 Å². The van der Waals surface area contributed by atoms with Crippen molar-refractivity contribution >= 4 is 30.4 Å². The van der Waals surface area contributed by atoms with E-state index in [0.717, 1.165) is 29.9 Å². The average molecular weight is 693 g/mol. The number of hydrogen-bond donors (Lipinski definition) is 0. The Morgan fingerprint density at radius 3 is 1.76 bits per heavy atom. The third-order valence-electron chi connectivity index (χ3n) is 6.39. The standard InChI is InChI=1S/C31H32O12S3/c1-20-9-7-8-10-23(20)19-40-26-16-13-22(17-27(26)42-45(5,34)35)29-28(38-2)18-25(30(39-3)31(29)43-46(6,36)37)21-11-14-24(15-12-21)41-44(4,32)33/h7-18H,19H2,1-6H3. The molecule has 0 aromatic heterocycles. The molecule has 0 spiro atoms. The van der Waals surface area contributed by atoms with Crippen LogP contribution in [0, 0.1) is 6.92 Å².